The van der Waals surface area contributed by atoms with Gasteiger partial charge in [-0.05, 0) is 43.2 Å². The van der Waals surface area contributed by atoms with Crippen molar-refractivity contribution in [2.24, 2.45) is 0 Å². The van der Waals surface area contributed by atoms with Gasteiger partial charge < -0.3 is 9.80 Å². The van der Waals surface area contributed by atoms with Crippen molar-refractivity contribution >= 4 is 11.6 Å². The normalized spacial score (nSPS) is 14.1. The number of aromatic nitrogens is 4. The molecule has 0 N–H and O–H groups in total. The van der Waals surface area contributed by atoms with Crippen molar-refractivity contribution in [3.63, 3.8) is 0 Å². The maximum atomic E-state index is 9.85. The van der Waals surface area contributed by atoms with Gasteiger partial charge in [0.1, 0.15) is 23.3 Å². The van der Waals surface area contributed by atoms with Crippen LogP contribution in [0.15, 0.2) is 0 Å². The van der Waals surface area contributed by atoms with Gasteiger partial charge in [-0.3, -0.25) is 0 Å². The molecule has 0 atom stereocenters. The van der Waals surface area contributed by atoms with E-state index < -0.39 is 0 Å². The molecule has 0 bridgehead atoms. The number of nitriles is 2. The predicted octanol–water partition coefficient (Wildman–Crippen LogP) is 2.98. The third-order valence-electron chi connectivity index (χ3n) is 5.97. The van der Waals surface area contributed by atoms with E-state index in [1.54, 1.807) is 0 Å². The summed E-state index contributed by atoms with van der Waals surface area (Å²) in [4.78, 5) is 4.29. The van der Waals surface area contributed by atoms with Gasteiger partial charge in [-0.2, -0.15) is 20.7 Å². The van der Waals surface area contributed by atoms with Gasteiger partial charge in [-0.15, -0.1) is 10.2 Å². The van der Waals surface area contributed by atoms with Crippen molar-refractivity contribution in [3.8, 4) is 12.1 Å². The van der Waals surface area contributed by atoms with Crippen LogP contribution >= 0.6 is 0 Å². The largest absolute Gasteiger partial charge is 0.352 e. The summed E-state index contributed by atoms with van der Waals surface area (Å²) in [5.74, 6) is 1.33. The van der Waals surface area contributed by atoms with Crippen LogP contribution in [0, 0.1) is 22.7 Å². The quantitative estimate of drug-likeness (QED) is 0.705. The van der Waals surface area contributed by atoms with E-state index in [1.165, 1.54) is 0 Å². The average molecular weight is 419 g/mol. The van der Waals surface area contributed by atoms with Crippen LogP contribution in [0.1, 0.15) is 67.8 Å². The lowest BCUT2D eigenvalue weighted by Crippen LogP contribution is -2.33. The van der Waals surface area contributed by atoms with Crippen LogP contribution in [0.2, 0.25) is 0 Å². The number of rotatable bonds is 6. The molecule has 3 rings (SSSR count). The monoisotopic (exact) mass is 418 g/mol. The smallest absolute Gasteiger partial charge is 0.169 e. The van der Waals surface area contributed by atoms with Gasteiger partial charge in [-0.25, -0.2) is 0 Å². The third-order valence-corrected chi connectivity index (χ3v) is 5.97. The van der Waals surface area contributed by atoms with Gasteiger partial charge in [0, 0.05) is 26.2 Å². The molecule has 1 saturated heterocycles. The first-order valence-corrected chi connectivity index (χ1v) is 11.2. The zero-order chi connectivity index (χ0) is 22.4. The van der Waals surface area contributed by atoms with Gasteiger partial charge in [0.15, 0.2) is 11.6 Å². The summed E-state index contributed by atoms with van der Waals surface area (Å²) in [6, 6.07) is 4.75. The highest BCUT2D eigenvalue weighted by Gasteiger charge is 2.25. The highest BCUT2D eigenvalue weighted by molar-refractivity contribution is 5.60. The van der Waals surface area contributed by atoms with Crippen molar-refractivity contribution in [1.29, 1.82) is 10.5 Å². The maximum absolute atomic E-state index is 9.85. The van der Waals surface area contributed by atoms with E-state index in [9.17, 15) is 10.5 Å². The number of aryl methyl sites for hydroxylation is 2. The summed E-state index contributed by atoms with van der Waals surface area (Å²) < 4.78 is 0. The standard InChI is InChI=1S/C23H30N8/c1-5-16-18(14-24)22(28-26-20(16)7-3)30-10-9-11-31(13-12-30)23-19(15-25)17(6-2)21(8-4)27-29-23/h5-13H2,1-4H3. The molecule has 2 aromatic heterocycles. The molecule has 2 aromatic rings. The van der Waals surface area contributed by atoms with Crippen LogP contribution in [0.5, 0.6) is 0 Å². The molecule has 1 aliphatic heterocycles. The third kappa shape index (κ3) is 4.29. The minimum absolute atomic E-state index is 0.640. The lowest BCUT2D eigenvalue weighted by Gasteiger charge is -2.25. The molecular weight excluding hydrogens is 388 g/mol. The summed E-state index contributed by atoms with van der Waals surface area (Å²) in [6.07, 6.45) is 3.93. The summed E-state index contributed by atoms with van der Waals surface area (Å²) in [6.45, 7) is 11.1. The summed E-state index contributed by atoms with van der Waals surface area (Å²) in [5.41, 5.74) is 5.07. The van der Waals surface area contributed by atoms with Gasteiger partial charge in [0.25, 0.3) is 0 Å². The van der Waals surface area contributed by atoms with E-state index in [0.717, 1.165) is 67.7 Å². The van der Waals surface area contributed by atoms with Crippen LogP contribution in [-0.2, 0) is 25.7 Å². The first-order valence-electron chi connectivity index (χ1n) is 11.2. The molecule has 1 aliphatic rings. The Labute approximate surface area is 184 Å². The minimum atomic E-state index is 0.640. The van der Waals surface area contributed by atoms with Crippen molar-refractivity contribution < 1.29 is 0 Å². The fraction of sp³-hybridized carbons (Fsp3) is 0.565. The Kier molecular flexibility index (Phi) is 7.36. The SMILES string of the molecule is CCc1nnc(N2CCCN(c3nnc(CC)c(CC)c3C#N)CC2)c(C#N)c1CC. The zero-order valence-corrected chi connectivity index (χ0v) is 18.9. The molecule has 31 heavy (non-hydrogen) atoms. The second-order valence-corrected chi connectivity index (χ2v) is 7.61. The fourth-order valence-electron chi connectivity index (χ4n) is 4.34. The van der Waals surface area contributed by atoms with E-state index in [0.29, 0.717) is 35.9 Å². The van der Waals surface area contributed by atoms with Crippen LogP contribution in [0.4, 0.5) is 11.6 Å². The highest BCUT2D eigenvalue weighted by Crippen LogP contribution is 2.27. The molecule has 0 radical (unpaired) electrons. The van der Waals surface area contributed by atoms with Crippen molar-refractivity contribution in [2.45, 2.75) is 59.8 Å². The topological polar surface area (TPSA) is 106 Å². The van der Waals surface area contributed by atoms with E-state index in [1.807, 2.05) is 13.8 Å². The fourth-order valence-corrected chi connectivity index (χ4v) is 4.34. The van der Waals surface area contributed by atoms with Crippen LogP contribution in [0.3, 0.4) is 0 Å². The van der Waals surface area contributed by atoms with Gasteiger partial charge in [-0.1, -0.05) is 27.7 Å². The van der Waals surface area contributed by atoms with Crippen LogP contribution in [-0.4, -0.2) is 46.6 Å². The number of hydrogen-bond donors (Lipinski definition) is 0. The van der Waals surface area contributed by atoms with E-state index in [4.69, 9.17) is 0 Å². The molecule has 0 spiro atoms. The number of nitrogens with zero attached hydrogens (tertiary/aromatic N) is 8. The van der Waals surface area contributed by atoms with E-state index >= 15 is 0 Å². The summed E-state index contributed by atoms with van der Waals surface area (Å²) in [7, 11) is 0. The van der Waals surface area contributed by atoms with E-state index in [2.05, 4.69) is 56.2 Å². The Hall–Kier alpha value is -3.26. The Morgan fingerprint density at radius 1 is 0.645 bits per heavy atom. The second kappa shape index (κ2) is 10.2. The molecule has 8 heteroatoms. The molecule has 1 fully saturated rings. The molecule has 0 unspecified atom stereocenters. The minimum Gasteiger partial charge on any atom is -0.352 e. The van der Waals surface area contributed by atoms with Crippen LogP contribution in [0.25, 0.3) is 0 Å². The molecule has 0 saturated carbocycles. The highest BCUT2D eigenvalue weighted by atomic mass is 15.3. The Morgan fingerprint density at radius 2 is 1.06 bits per heavy atom. The Morgan fingerprint density at radius 3 is 1.39 bits per heavy atom. The Balaban J connectivity index is 1.91. The van der Waals surface area contributed by atoms with Crippen LogP contribution < -0.4 is 9.80 Å². The predicted molar refractivity (Wildman–Crippen MR) is 120 cm³/mol. The molecular formula is C23H30N8. The average Bonchev–Trinajstić information content (AvgIpc) is 3.07. The molecule has 0 amide bonds. The lowest BCUT2D eigenvalue weighted by atomic mass is 10.0. The molecule has 3 heterocycles. The van der Waals surface area contributed by atoms with Gasteiger partial charge >= 0.3 is 0 Å². The number of hydrogen-bond acceptors (Lipinski definition) is 8. The van der Waals surface area contributed by atoms with Crippen molar-refractivity contribution in [2.75, 3.05) is 36.0 Å². The van der Waals surface area contributed by atoms with Gasteiger partial charge in [0.2, 0.25) is 0 Å². The first-order chi connectivity index (χ1) is 15.1. The summed E-state index contributed by atoms with van der Waals surface area (Å²) >= 11 is 0. The van der Waals surface area contributed by atoms with Crippen molar-refractivity contribution in [3.05, 3.63) is 33.6 Å². The molecule has 8 nitrogen and oxygen atoms in total. The zero-order valence-electron chi connectivity index (χ0n) is 18.9. The summed E-state index contributed by atoms with van der Waals surface area (Å²) in [5, 5.41) is 37.4. The first kappa shape index (κ1) is 22.4. The van der Waals surface area contributed by atoms with E-state index in [-0.39, 0.29) is 0 Å². The van der Waals surface area contributed by atoms with Gasteiger partial charge in [0.05, 0.1) is 11.4 Å². The molecule has 0 aromatic carbocycles. The van der Waals surface area contributed by atoms with Crippen molar-refractivity contribution in [1.82, 2.24) is 20.4 Å². The number of anilines is 2. The maximum Gasteiger partial charge on any atom is 0.169 e. The second-order valence-electron chi connectivity index (χ2n) is 7.61. The molecule has 162 valence electrons. The lowest BCUT2D eigenvalue weighted by molar-refractivity contribution is 0.767. The Bertz CT molecular complexity index is 936. The molecule has 0 aliphatic carbocycles.